The van der Waals surface area contributed by atoms with Gasteiger partial charge in [0.15, 0.2) is 0 Å². The maximum atomic E-state index is 3.57. The molecule has 0 saturated carbocycles. The standard InChI is InChI=1S/C32H20/c1-2-12-25(13-3-1)32-30-19-8-6-17-27(30)29(28-18-7-9-20-31(28)32)22-21-24-15-10-14-23-11-4-5-16-26(23)24/h1-20H. The normalized spacial score (nSPS) is 10.9. The van der Waals surface area contributed by atoms with Crippen LogP contribution in [0.5, 0.6) is 0 Å². The second kappa shape index (κ2) is 7.73. The van der Waals surface area contributed by atoms with Crippen LogP contribution in [-0.2, 0) is 0 Å². The molecular formula is C32H20. The molecule has 0 aliphatic carbocycles. The number of hydrogen-bond donors (Lipinski definition) is 0. The van der Waals surface area contributed by atoms with Gasteiger partial charge in [-0.1, -0.05) is 127 Å². The molecule has 0 bridgehead atoms. The summed E-state index contributed by atoms with van der Waals surface area (Å²) in [5, 5.41) is 7.26. The monoisotopic (exact) mass is 404 g/mol. The highest BCUT2D eigenvalue weighted by Gasteiger charge is 2.13. The maximum Gasteiger partial charge on any atom is 0.0406 e. The molecule has 0 radical (unpaired) electrons. The van der Waals surface area contributed by atoms with Crippen LogP contribution in [0.1, 0.15) is 11.1 Å². The van der Waals surface area contributed by atoms with Crippen molar-refractivity contribution >= 4 is 32.3 Å². The Bertz CT molecular complexity index is 1600. The van der Waals surface area contributed by atoms with Crippen molar-refractivity contribution in [1.29, 1.82) is 0 Å². The van der Waals surface area contributed by atoms with Crippen LogP contribution in [0.4, 0.5) is 0 Å². The van der Waals surface area contributed by atoms with E-state index in [1.807, 2.05) is 0 Å². The molecule has 6 aromatic carbocycles. The number of fused-ring (bicyclic) bond motifs is 3. The molecule has 32 heavy (non-hydrogen) atoms. The molecular weight excluding hydrogens is 384 g/mol. The fourth-order valence-corrected chi connectivity index (χ4v) is 4.64. The van der Waals surface area contributed by atoms with Gasteiger partial charge in [0.25, 0.3) is 0 Å². The summed E-state index contributed by atoms with van der Waals surface area (Å²) in [4.78, 5) is 0. The molecule has 0 saturated heterocycles. The first-order chi connectivity index (χ1) is 15.9. The summed E-state index contributed by atoms with van der Waals surface area (Å²) in [7, 11) is 0. The minimum atomic E-state index is 1.06. The Kier molecular flexibility index (Phi) is 4.45. The zero-order valence-electron chi connectivity index (χ0n) is 17.5. The molecule has 0 fully saturated rings. The van der Waals surface area contributed by atoms with Gasteiger partial charge >= 0.3 is 0 Å². The quantitative estimate of drug-likeness (QED) is 0.191. The van der Waals surface area contributed by atoms with Gasteiger partial charge in [-0.3, -0.25) is 0 Å². The third kappa shape index (κ3) is 3.04. The third-order valence-corrected chi connectivity index (χ3v) is 6.11. The molecule has 0 heterocycles. The fourth-order valence-electron chi connectivity index (χ4n) is 4.64. The van der Waals surface area contributed by atoms with Crippen molar-refractivity contribution in [2.24, 2.45) is 0 Å². The molecule has 0 aliphatic rings. The SMILES string of the molecule is C(#Cc1c2ccccc2c(-c2ccccc2)c2ccccc12)c1cccc2ccccc12. The van der Waals surface area contributed by atoms with Crippen LogP contribution in [0.15, 0.2) is 121 Å². The molecule has 0 nitrogen and oxygen atoms in total. The van der Waals surface area contributed by atoms with E-state index >= 15 is 0 Å². The largest absolute Gasteiger partial charge is 0.0622 e. The molecule has 0 aliphatic heterocycles. The van der Waals surface area contributed by atoms with Crippen molar-refractivity contribution in [2.45, 2.75) is 0 Å². The van der Waals surface area contributed by atoms with Gasteiger partial charge in [0.05, 0.1) is 0 Å². The minimum absolute atomic E-state index is 1.06. The lowest BCUT2D eigenvalue weighted by molar-refractivity contribution is 1.66. The van der Waals surface area contributed by atoms with Gasteiger partial charge in [-0.05, 0) is 49.5 Å². The van der Waals surface area contributed by atoms with Gasteiger partial charge in [-0.15, -0.1) is 0 Å². The van der Waals surface area contributed by atoms with Gasteiger partial charge in [-0.2, -0.15) is 0 Å². The van der Waals surface area contributed by atoms with E-state index in [0.29, 0.717) is 0 Å². The molecule has 148 valence electrons. The molecule has 0 N–H and O–H groups in total. The van der Waals surface area contributed by atoms with Gasteiger partial charge in [0, 0.05) is 11.1 Å². The molecule has 6 aromatic rings. The van der Waals surface area contributed by atoms with E-state index in [9.17, 15) is 0 Å². The van der Waals surface area contributed by atoms with E-state index in [1.165, 1.54) is 43.4 Å². The summed E-state index contributed by atoms with van der Waals surface area (Å²) >= 11 is 0. The Labute approximate surface area is 187 Å². The average molecular weight is 405 g/mol. The summed E-state index contributed by atoms with van der Waals surface area (Å²) in [6.07, 6.45) is 0. The van der Waals surface area contributed by atoms with Crippen LogP contribution in [0, 0.1) is 11.8 Å². The summed E-state index contributed by atoms with van der Waals surface area (Å²) in [6, 6.07) is 42.7. The van der Waals surface area contributed by atoms with Crippen LogP contribution >= 0.6 is 0 Å². The van der Waals surface area contributed by atoms with E-state index in [4.69, 9.17) is 0 Å². The van der Waals surface area contributed by atoms with Crippen molar-refractivity contribution in [1.82, 2.24) is 0 Å². The van der Waals surface area contributed by atoms with Gasteiger partial charge < -0.3 is 0 Å². The first kappa shape index (κ1) is 18.4. The van der Waals surface area contributed by atoms with Crippen molar-refractivity contribution in [3.8, 4) is 23.0 Å². The van der Waals surface area contributed by atoms with Crippen LogP contribution < -0.4 is 0 Å². The fraction of sp³-hybridized carbons (Fsp3) is 0. The Hall–Kier alpha value is -4.34. The van der Waals surface area contributed by atoms with Gasteiger partial charge in [0.2, 0.25) is 0 Å². The molecule has 0 aromatic heterocycles. The van der Waals surface area contributed by atoms with Crippen LogP contribution in [0.2, 0.25) is 0 Å². The third-order valence-electron chi connectivity index (χ3n) is 6.11. The second-order valence-corrected chi connectivity index (χ2v) is 7.98. The van der Waals surface area contributed by atoms with Crippen LogP contribution in [0.3, 0.4) is 0 Å². The smallest absolute Gasteiger partial charge is 0.0406 e. The molecule has 0 spiro atoms. The van der Waals surface area contributed by atoms with Crippen molar-refractivity contribution in [2.75, 3.05) is 0 Å². The summed E-state index contributed by atoms with van der Waals surface area (Å²) < 4.78 is 0. The van der Waals surface area contributed by atoms with E-state index in [2.05, 4.69) is 133 Å². The Morgan fingerprint density at radius 3 is 1.59 bits per heavy atom. The molecule has 6 rings (SSSR count). The van der Waals surface area contributed by atoms with Gasteiger partial charge in [0.1, 0.15) is 0 Å². The number of hydrogen-bond acceptors (Lipinski definition) is 0. The molecule has 0 unspecified atom stereocenters. The lowest BCUT2D eigenvalue weighted by Crippen LogP contribution is -1.90. The zero-order valence-corrected chi connectivity index (χ0v) is 17.5. The number of benzene rings is 6. The van der Waals surface area contributed by atoms with Crippen molar-refractivity contribution in [3.63, 3.8) is 0 Å². The first-order valence-electron chi connectivity index (χ1n) is 10.9. The van der Waals surface area contributed by atoms with E-state index < -0.39 is 0 Å². The summed E-state index contributed by atoms with van der Waals surface area (Å²) in [5.41, 5.74) is 4.65. The van der Waals surface area contributed by atoms with E-state index in [0.717, 1.165) is 11.1 Å². The maximum absolute atomic E-state index is 3.57. The van der Waals surface area contributed by atoms with E-state index in [1.54, 1.807) is 0 Å². The van der Waals surface area contributed by atoms with Crippen LogP contribution in [-0.4, -0.2) is 0 Å². The predicted octanol–water partition coefficient (Wildman–Crippen LogP) is 8.21. The first-order valence-corrected chi connectivity index (χ1v) is 10.9. The Balaban J connectivity index is 1.68. The predicted molar refractivity (Wildman–Crippen MR) is 137 cm³/mol. The molecule has 0 heteroatoms. The average Bonchev–Trinajstić information content (AvgIpc) is 2.87. The second-order valence-electron chi connectivity index (χ2n) is 7.98. The van der Waals surface area contributed by atoms with Crippen molar-refractivity contribution < 1.29 is 0 Å². The lowest BCUT2D eigenvalue weighted by atomic mass is 9.88. The van der Waals surface area contributed by atoms with Gasteiger partial charge in [-0.25, -0.2) is 0 Å². The Morgan fingerprint density at radius 1 is 0.375 bits per heavy atom. The highest BCUT2D eigenvalue weighted by molar-refractivity contribution is 6.16. The topological polar surface area (TPSA) is 0 Å². The highest BCUT2D eigenvalue weighted by Crippen LogP contribution is 2.38. The Morgan fingerprint density at radius 2 is 0.906 bits per heavy atom. The lowest BCUT2D eigenvalue weighted by Gasteiger charge is -2.14. The minimum Gasteiger partial charge on any atom is -0.0622 e. The summed E-state index contributed by atoms with van der Waals surface area (Å²) in [6.45, 7) is 0. The molecule has 0 amide bonds. The van der Waals surface area contributed by atoms with Crippen LogP contribution in [0.25, 0.3) is 43.4 Å². The number of rotatable bonds is 1. The summed E-state index contributed by atoms with van der Waals surface area (Å²) in [5.74, 6) is 7.07. The zero-order chi connectivity index (χ0) is 21.3. The van der Waals surface area contributed by atoms with Crippen molar-refractivity contribution in [3.05, 3.63) is 132 Å². The molecule has 0 atom stereocenters. The van der Waals surface area contributed by atoms with E-state index in [-0.39, 0.29) is 0 Å². The highest BCUT2D eigenvalue weighted by atomic mass is 14.2.